The fourth-order valence-electron chi connectivity index (χ4n) is 1.28. The average molecular weight is 388 g/mol. The van der Waals surface area contributed by atoms with Crippen molar-refractivity contribution in [3.05, 3.63) is 56.9 Å². The van der Waals surface area contributed by atoms with Gasteiger partial charge in [0.1, 0.15) is 0 Å². The molecule has 19 heavy (non-hydrogen) atoms. The molecule has 0 saturated carbocycles. The van der Waals surface area contributed by atoms with Crippen molar-refractivity contribution in [3.8, 4) is 0 Å². The number of carbonyl (C=O) groups excluding carboxylic acids is 2. The van der Waals surface area contributed by atoms with Gasteiger partial charge < -0.3 is 4.42 Å². The Morgan fingerprint density at radius 1 is 0.895 bits per heavy atom. The first-order valence-electron chi connectivity index (χ1n) is 5.18. The standard InChI is InChI=1S/C12H8Br2N2O3/c13-8-3-1-7(2-4-8)11(17)15-16-12(18)9-5-6-10(14)19-9/h1-6H,(H,15,17)(H,16,18). The zero-order valence-corrected chi connectivity index (χ0v) is 12.6. The van der Waals surface area contributed by atoms with Gasteiger partial charge >= 0.3 is 5.91 Å². The fourth-order valence-corrected chi connectivity index (χ4v) is 1.86. The summed E-state index contributed by atoms with van der Waals surface area (Å²) in [5, 5.41) is 0. The van der Waals surface area contributed by atoms with E-state index in [-0.39, 0.29) is 5.76 Å². The molecule has 1 aromatic carbocycles. The normalized spacial score (nSPS) is 10.0. The maximum Gasteiger partial charge on any atom is 0.305 e. The quantitative estimate of drug-likeness (QED) is 0.778. The molecule has 0 bridgehead atoms. The van der Waals surface area contributed by atoms with E-state index < -0.39 is 11.8 Å². The number of benzene rings is 1. The Morgan fingerprint density at radius 2 is 1.53 bits per heavy atom. The van der Waals surface area contributed by atoms with Crippen LogP contribution >= 0.6 is 31.9 Å². The Hall–Kier alpha value is -1.60. The van der Waals surface area contributed by atoms with Crippen LogP contribution in [0.1, 0.15) is 20.9 Å². The molecular formula is C12H8Br2N2O3. The number of hydrazine groups is 1. The first-order chi connectivity index (χ1) is 9.06. The van der Waals surface area contributed by atoms with Crippen LogP contribution in [0.5, 0.6) is 0 Å². The Balaban J connectivity index is 1.93. The van der Waals surface area contributed by atoms with E-state index in [4.69, 9.17) is 4.42 Å². The van der Waals surface area contributed by atoms with Crippen molar-refractivity contribution in [3.63, 3.8) is 0 Å². The van der Waals surface area contributed by atoms with E-state index in [2.05, 4.69) is 42.7 Å². The van der Waals surface area contributed by atoms with Crippen LogP contribution in [0.2, 0.25) is 0 Å². The largest absolute Gasteiger partial charge is 0.444 e. The van der Waals surface area contributed by atoms with Gasteiger partial charge in [-0.25, -0.2) is 0 Å². The van der Waals surface area contributed by atoms with Crippen molar-refractivity contribution >= 4 is 43.7 Å². The molecule has 2 amide bonds. The molecule has 7 heteroatoms. The molecule has 0 atom stereocenters. The van der Waals surface area contributed by atoms with Crippen LogP contribution < -0.4 is 10.9 Å². The fraction of sp³-hybridized carbons (Fsp3) is 0. The molecule has 2 rings (SSSR count). The molecule has 0 aliphatic rings. The van der Waals surface area contributed by atoms with Crippen molar-refractivity contribution < 1.29 is 14.0 Å². The molecule has 98 valence electrons. The molecule has 0 aliphatic heterocycles. The highest BCUT2D eigenvalue weighted by molar-refractivity contribution is 9.10. The lowest BCUT2D eigenvalue weighted by atomic mass is 10.2. The third kappa shape index (κ3) is 3.68. The summed E-state index contributed by atoms with van der Waals surface area (Å²) in [4.78, 5) is 23.3. The van der Waals surface area contributed by atoms with Crippen LogP contribution in [0.3, 0.4) is 0 Å². The highest BCUT2D eigenvalue weighted by atomic mass is 79.9. The number of halogens is 2. The van der Waals surface area contributed by atoms with E-state index >= 15 is 0 Å². The van der Waals surface area contributed by atoms with Gasteiger partial charge in [0, 0.05) is 10.0 Å². The first-order valence-corrected chi connectivity index (χ1v) is 6.76. The predicted molar refractivity (Wildman–Crippen MR) is 75.5 cm³/mol. The Bertz CT molecular complexity index is 608. The highest BCUT2D eigenvalue weighted by Gasteiger charge is 2.12. The van der Waals surface area contributed by atoms with E-state index in [1.165, 1.54) is 6.07 Å². The average Bonchev–Trinajstić information content (AvgIpc) is 2.83. The van der Waals surface area contributed by atoms with Crippen LogP contribution in [0.15, 0.2) is 50.0 Å². The van der Waals surface area contributed by atoms with E-state index in [1.54, 1.807) is 30.3 Å². The summed E-state index contributed by atoms with van der Waals surface area (Å²) in [6.07, 6.45) is 0. The Kier molecular flexibility index (Phi) is 4.39. The summed E-state index contributed by atoms with van der Waals surface area (Å²) >= 11 is 6.36. The molecule has 0 unspecified atom stereocenters. The van der Waals surface area contributed by atoms with Gasteiger partial charge in [0.15, 0.2) is 10.4 Å². The highest BCUT2D eigenvalue weighted by Crippen LogP contribution is 2.13. The van der Waals surface area contributed by atoms with Gasteiger partial charge in [-0.3, -0.25) is 20.4 Å². The zero-order valence-electron chi connectivity index (χ0n) is 9.44. The molecule has 0 radical (unpaired) electrons. The molecule has 2 aromatic rings. The molecule has 5 nitrogen and oxygen atoms in total. The lowest BCUT2D eigenvalue weighted by Gasteiger charge is -2.05. The smallest absolute Gasteiger partial charge is 0.305 e. The van der Waals surface area contributed by atoms with Crippen LogP contribution in [-0.4, -0.2) is 11.8 Å². The van der Waals surface area contributed by atoms with E-state index in [0.717, 1.165) is 4.47 Å². The van der Waals surface area contributed by atoms with Gasteiger partial charge in [-0.15, -0.1) is 0 Å². The number of hydrogen-bond acceptors (Lipinski definition) is 3. The van der Waals surface area contributed by atoms with Crippen molar-refractivity contribution in [1.82, 2.24) is 10.9 Å². The zero-order chi connectivity index (χ0) is 13.8. The van der Waals surface area contributed by atoms with Crippen LogP contribution in [-0.2, 0) is 0 Å². The van der Waals surface area contributed by atoms with Crippen molar-refractivity contribution in [2.45, 2.75) is 0 Å². The molecule has 2 N–H and O–H groups in total. The lowest BCUT2D eigenvalue weighted by molar-refractivity contribution is 0.0830. The van der Waals surface area contributed by atoms with Crippen molar-refractivity contribution in [2.24, 2.45) is 0 Å². The Labute approximate surface area is 125 Å². The monoisotopic (exact) mass is 386 g/mol. The summed E-state index contributed by atoms with van der Waals surface area (Å²) in [6.45, 7) is 0. The molecule has 1 aromatic heterocycles. The molecule has 0 saturated heterocycles. The predicted octanol–water partition coefficient (Wildman–Crippen LogP) is 2.88. The first kappa shape index (κ1) is 13.8. The number of amides is 2. The number of hydrogen-bond donors (Lipinski definition) is 2. The number of nitrogens with one attached hydrogen (secondary N) is 2. The minimum atomic E-state index is -0.531. The van der Waals surface area contributed by atoms with E-state index in [9.17, 15) is 9.59 Å². The number of rotatable bonds is 2. The number of carbonyl (C=O) groups is 2. The van der Waals surface area contributed by atoms with E-state index in [1.807, 2.05) is 0 Å². The summed E-state index contributed by atoms with van der Waals surface area (Å²) in [7, 11) is 0. The van der Waals surface area contributed by atoms with Crippen molar-refractivity contribution in [2.75, 3.05) is 0 Å². The summed E-state index contributed by atoms with van der Waals surface area (Å²) in [5.41, 5.74) is 4.99. The second-order valence-electron chi connectivity index (χ2n) is 3.52. The lowest BCUT2D eigenvalue weighted by Crippen LogP contribution is -2.41. The molecule has 0 aliphatic carbocycles. The van der Waals surface area contributed by atoms with Gasteiger partial charge in [-0.05, 0) is 52.3 Å². The summed E-state index contributed by atoms with van der Waals surface area (Å²) in [5.74, 6) is -0.842. The van der Waals surface area contributed by atoms with Gasteiger partial charge in [0.05, 0.1) is 0 Å². The maximum absolute atomic E-state index is 11.7. The molecule has 0 spiro atoms. The van der Waals surface area contributed by atoms with Crippen LogP contribution in [0, 0.1) is 0 Å². The third-order valence-corrected chi connectivity index (χ3v) is 3.15. The molecule has 1 heterocycles. The van der Waals surface area contributed by atoms with Gasteiger partial charge in [0.25, 0.3) is 5.91 Å². The second-order valence-corrected chi connectivity index (χ2v) is 5.22. The Morgan fingerprint density at radius 3 is 2.11 bits per heavy atom. The second kappa shape index (κ2) is 6.03. The van der Waals surface area contributed by atoms with Crippen molar-refractivity contribution in [1.29, 1.82) is 0 Å². The maximum atomic E-state index is 11.7. The molecular weight excluding hydrogens is 380 g/mol. The van der Waals surface area contributed by atoms with Gasteiger partial charge in [-0.2, -0.15) is 0 Å². The topological polar surface area (TPSA) is 71.3 Å². The summed E-state index contributed by atoms with van der Waals surface area (Å²) in [6, 6.07) is 9.82. The number of furan rings is 1. The summed E-state index contributed by atoms with van der Waals surface area (Å²) < 4.78 is 6.36. The SMILES string of the molecule is O=C(NNC(=O)c1ccc(Br)o1)c1ccc(Br)cc1. The minimum Gasteiger partial charge on any atom is -0.444 e. The van der Waals surface area contributed by atoms with Gasteiger partial charge in [-0.1, -0.05) is 15.9 Å². The van der Waals surface area contributed by atoms with Crippen LogP contribution in [0.25, 0.3) is 0 Å². The van der Waals surface area contributed by atoms with E-state index in [0.29, 0.717) is 10.2 Å². The van der Waals surface area contributed by atoms with Crippen LogP contribution in [0.4, 0.5) is 0 Å². The molecule has 0 fully saturated rings. The third-order valence-electron chi connectivity index (χ3n) is 2.19. The minimum absolute atomic E-state index is 0.1000. The van der Waals surface area contributed by atoms with Gasteiger partial charge in [0.2, 0.25) is 0 Å².